The second kappa shape index (κ2) is 6.24. The fourth-order valence-electron chi connectivity index (χ4n) is 2.42. The van der Waals surface area contributed by atoms with Crippen molar-refractivity contribution in [3.05, 3.63) is 65.2 Å². The van der Waals surface area contributed by atoms with Gasteiger partial charge in [-0.3, -0.25) is 4.79 Å². The maximum Gasteiger partial charge on any atom is 0.218 e. The molecule has 0 fully saturated rings. The molecule has 1 atom stereocenters. The highest BCUT2D eigenvalue weighted by atomic mass is 16.5. The summed E-state index contributed by atoms with van der Waals surface area (Å²) in [5.41, 5.74) is 8.61. The second-order valence-corrected chi connectivity index (χ2v) is 4.88. The monoisotopic (exact) mass is 269 g/mol. The van der Waals surface area contributed by atoms with E-state index in [9.17, 15) is 4.79 Å². The van der Waals surface area contributed by atoms with Crippen LogP contribution in [0, 0.1) is 6.92 Å². The highest BCUT2D eigenvalue weighted by molar-refractivity contribution is 5.75. The zero-order chi connectivity index (χ0) is 14.5. The molecule has 0 spiro atoms. The maximum absolute atomic E-state index is 11.4. The third-order valence-corrected chi connectivity index (χ3v) is 3.37. The summed E-state index contributed by atoms with van der Waals surface area (Å²) in [6.45, 7) is 2.02. The van der Waals surface area contributed by atoms with Gasteiger partial charge in [0, 0.05) is 17.9 Å². The number of carbonyl (C=O) groups is 1. The Labute approximate surface area is 119 Å². The minimum absolute atomic E-state index is 0.0800. The van der Waals surface area contributed by atoms with Crippen LogP contribution in [0.15, 0.2) is 48.5 Å². The van der Waals surface area contributed by atoms with Gasteiger partial charge in [0.15, 0.2) is 0 Å². The molecule has 0 aliphatic rings. The van der Waals surface area contributed by atoms with Crippen molar-refractivity contribution < 1.29 is 9.53 Å². The van der Waals surface area contributed by atoms with E-state index in [0.717, 1.165) is 22.4 Å². The summed E-state index contributed by atoms with van der Waals surface area (Å²) >= 11 is 0. The van der Waals surface area contributed by atoms with Crippen LogP contribution in [0.5, 0.6) is 5.75 Å². The van der Waals surface area contributed by atoms with E-state index in [1.165, 1.54) is 0 Å². The summed E-state index contributed by atoms with van der Waals surface area (Å²) in [5, 5.41) is 0. The van der Waals surface area contributed by atoms with Crippen molar-refractivity contribution in [3.8, 4) is 5.75 Å². The quantitative estimate of drug-likeness (QED) is 0.907. The number of carbonyl (C=O) groups excluding carboxylic acids is 1. The molecule has 0 unspecified atom stereocenters. The molecule has 3 heteroatoms. The number of nitrogens with two attached hydrogens (primary N) is 1. The van der Waals surface area contributed by atoms with Crippen molar-refractivity contribution in [1.82, 2.24) is 0 Å². The van der Waals surface area contributed by atoms with Crippen LogP contribution in [0.2, 0.25) is 0 Å². The minimum atomic E-state index is -0.317. The number of amides is 1. The Hall–Kier alpha value is -2.29. The van der Waals surface area contributed by atoms with Gasteiger partial charge in [0.1, 0.15) is 5.75 Å². The van der Waals surface area contributed by atoms with E-state index in [2.05, 4.69) is 6.07 Å². The third-order valence-electron chi connectivity index (χ3n) is 3.37. The van der Waals surface area contributed by atoms with Gasteiger partial charge in [-0.1, -0.05) is 48.0 Å². The number of benzene rings is 2. The van der Waals surface area contributed by atoms with Crippen LogP contribution in [0.3, 0.4) is 0 Å². The van der Waals surface area contributed by atoms with Gasteiger partial charge >= 0.3 is 0 Å². The topological polar surface area (TPSA) is 52.3 Å². The van der Waals surface area contributed by atoms with Gasteiger partial charge in [-0.2, -0.15) is 0 Å². The van der Waals surface area contributed by atoms with Crippen LogP contribution in [0.25, 0.3) is 0 Å². The fourth-order valence-corrected chi connectivity index (χ4v) is 2.42. The standard InChI is InChI=1S/C17H19NO2/c1-12-8-9-16(20-2)15(10-12)14(11-17(18)19)13-6-4-3-5-7-13/h3-10,14H,11H2,1-2H3,(H2,18,19)/t14-/m0/s1. The maximum atomic E-state index is 11.4. The SMILES string of the molecule is COc1ccc(C)cc1[C@@H](CC(N)=O)c1ccccc1. The Bertz CT molecular complexity index is 593. The summed E-state index contributed by atoms with van der Waals surface area (Å²) in [6.07, 6.45) is 0.268. The summed E-state index contributed by atoms with van der Waals surface area (Å²) in [4.78, 5) is 11.4. The number of ether oxygens (including phenoxy) is 1. The average Bonchev–Trinajstić information content (AvgIpc) is 2.45. The molecule has 0 radical (unpaired) electrons. The van der Waals surface area contributed by atoms with Crippen molar-refractivity contribution in [1.29, 1.82) is 0 Å². The molecule has 20 heavy (non-hydrogen) atoms. The lowest BCUT2D eigenvalue weighted by molar-refractivity contribution is -0.118. The average molecular weight is 269 g/mol. The zero-order valence-corrected chi connectivity index (χ0v) is 11.8. The van der Waals surface area contributed by atoms with Crippen LogP contribution >= 0.6 is 0 Å². The molecule has 0 aromatic heterocycles. The van der Waals surface area contributed by atoms with Gasteiger partial charge in [0.2, 0.25) is 5.91 Å². The summed E-state index contributed by atoms with van der Waals surface area (Å²) in [6, 6.07) is 15.9. The van der Waals surface area contributed by atoms with Gasteiger partial charge in [-0.05, 0) is 18.6 Å². The highest BCUT2D eigenvalue weighted by Crippen LogP contribution is 2.34. The predicted octanol–water partition coefficient (Wildman–Crippen LogP) is 3.01. The molecule has 2 N–H and O–H groups in total. The zero-order valence-electron chi connectivity index (χ0n) is 11.8. The highest BCUT2D eigenvalue weighted by Gasteiger charge is 2.20. The first-order valence-electron chi connectivity index (χ1n) is 6.59. The van der Waals surface area contributed by atoms with Crippen molar-refractivity contribution >= 4 is 5.91 Å². The van der Waals surface area contributed by atoms with Crippen LogP contribution in [-0.2, 0) is 4.79 Å². The van der Waals surface area contributed by atoms with Crippen LogP contribution in [0.4, 0.5) is 0 Å². The molecule has 2 aromatic carbocycles. The first kappa shape index (κ1) is 14.1. The van der Waals surface area contributed by atoms with E-state index in [1.807, 2.05) is 49.4 Å². The Morgan fingerprint density at radius 1 is 1.20 bits per heavy atom. The van der Waals surface area contributed by atoms with Crippen LogP contribution < -0.4 is 10.5 Å². The van der Waals surface area contributed by atoms with E-state index in [1.54, 1.807) is 7.11 Å². The van der Waals surface area contributed by atoms with Gasteiger partial charge in [0.05, 0.1) is 7.11 Å². The lowest BCUT2D eigenvalue weighted by Crippen LogP contribution is -2.16. The molecule has 3 nitrogen and oxygen atoms in total. The molecular formula is C17H19NO2. The summed E-state index contributed by atoms with van der Waals surface area (Å²) < 4.78 is 5.43. The molecule has 0 aliphatic heterocycles. The van der Waals surface area contributed by atoms with Gasteiger partial charge in [-0.15, -0.1) is 0 Å². The lowest BCUT2D eigenvalue weighted by Gasteiger charge is -2.20. The largest absolute Gasteiger partial charge is 0.496 e. The van der Waals surface area contributed by atoms with E-state index in [-0.39, 0.29) is 18.2 Å². The van der Waals surface area contributed by atoms with E-state index >= 15 is 0 Å². The molecule has 1 amide bonds. The molecule has 0 heterocycles. The number of hydrogen-bond acceptors (Lipinski definition) is 2. The molecule has 0 aliphatic carbocycles. The van der Waals surface area contributed by atoms with Gasteiger partial charge < -0.3 is 10.5 Å². The number of rotatable bonds is 5. The van der Waals surface area contributed by atoms with Gasteiger partial charge in [0.25, 0.3) is 0 Å². The normalized spacial score (nSPS) is 11.9. The van der Waals surface area contributed by atoms with E-state index < -0.39 is 0 Å². The van der Waals surface area contributed by atoms with Gasteiger partial charge in [-0.25, -0.2) is 0 Å². The Morgan fingerprint density at radius 2 is 1.90 bits per heavy atom. The van der Waals surface area contributed by atoms with Crippen molar-refractivity contribution in [2.75, 3.05) is 7.11 Å². The number of hydrogen-bond donors (Lipinski definition) is 1. The predicted molar refractivity (Wildman–Crippen MR) is 79.8 cm³/mol. The Kier molecular flexibility index (Phi) is 4.41. The van der Waals surface area contributed by atoms with Crippen LogP contribution in [0.1, 0.15) is 29.0 Å². The number of primary amides is 1. The molecule has 0 saturated carbocycles. The molecule has 0 bridgehead atoms. The first-order valence-corrected chi connectivity index (χ1v) is 6.59. The van der Waals surface area contributed by atoms with E-state index in [4.69, 9.17) is 10.5 Å². The molecule has 2 aromatic rings. The smallest absolute Gasteiger partial charge is 0.218 e. The molecular weight excluding hydrogens is 250 g/mol. The van der Waals surface area contributed by atoms with Crippen molar-refractivity contribution in [2.45, 2.75) is 19.3 Å². The van der Waals surface area contributed by atoms with Crippen molar-refractivity contribution in [3.63, 3.8) is 0 Å². The Balaban J connectivity index is 2.51. The fraction of sp³-hybridized carbons (Fsp3) is 0.235. The molecule has 104 valence electrons. The van der Waals surface area contributed by atoms with Crippen molar-refractivity contribution in [2.24, 2.45) is 5.73 Å². The minimum Gasteiger partial charge on any atom is -0.496 e. The Morgan fingerprint density at radius 3 is 2.50 bits per heavy atom. The summed E-state index contributed by atoms with van der Waals surface area (Å²) in [5.74, 6) is 0.386. The second-order valence-electron chi connectivity index (χ2n) is 4.88. The third kappa shape index (κ3) is 3.18. The summed E-state index contributed by atoms with van der Waals surface area (Å²) in [7, 11) is 1.64. The molecule has 0 saturated heterocycles. The van der Waals surface area contributed by atoms with E-state index in [0.29, 0.717) is 0 Å². The molecule has 2 rings (SSSR count). The number of methoxy groups -OCH3 is 1. The van der Waals surface area contributed by atoms with Crippen LogP contribution in [-0.4, -0.2) is 13.0 Å². The number of aryl methyl sites for hydroxylation is 1. The first-order chi connectivity index (χ1) is 9.61. The lowest BCUT2D eigenvalue weighted by atomic mass is 9.87.